The Bertz CT molecular complexity index is 425. The van der Waals surface area contributed by atoms with Gasteiger partial charge in [-0.3, -0.25) is 4.90 Å². The van der Waals surface area contributed by atoms with Gasteiger partial charge in [0, 0.05) is 32.8 Å². The minimum Gasteiger partial charge on any atom is -0.381 e. The van der Waals surface area contributed by atoms with Crippen LogP contribution in [0.4, 0.5) is 0 Å². The SMILES string of the molecule is COC1CCN(Cc2cc(C)ccc2C)C(CN)C1.Cl. The van der Waals surface area contributed by atoms with E-state index >= 15 is 0 Å². The van der Waals surface area contributed by atoms with E-state index < -0.39 is 0 Å². The number of hydrogen-bond donors (Lipinski definition) is 1. The largest absolute Gasteiger partial charge is 0.381 e. The molecule has 20 heavy (non-hydrogen) atoms. The molecule has 1 fully saturated rings. The molecule has 0 radical (unpaired) electrons. The van der Waals surface area contributed by atoms with Gasteiger partial charge in [0.15, 0.2) is 0 Å². The van der Waals surface area contributed by atoms with Crippen LogP contribution in [0.5, 0.6) is 0 Å². The maximum atomic E-state index is 5.93. The molecule has 2 rings (SSSR count). The average molecular weight is 299 g/mol. The second kappa shape index (κ2) is 7.99. The van der Waals surface area contributed by atoms with Crippen LogP contribution in [0.25, 0.3) is 0 Å². The van der Waals surface area contributed by atoms with E-state index in [4.69, 9.17) is 10.5 Å². The van der Waals surface area contributed by atoms with Gasteiger partial charge in [0.05, 0.1) is 6.10 Å². The molecule has 0 bridgehead atoms. The molecule has 2 N–H and O–H groups in total. The zero-order chi connectivity index (χ0) is 13.8. The van der Waals surface area contributed by atoms with Crippen molar-refractivity contribution in [3.05, 3.63) is 34.9 Å². The Labute approximate surface area is 128 Å². The first-order chi connectivity index (χ1) is 9.13. The van der Waals surface area contributed by atoms with Crippen LogP contribution in [-0.2, 0) is 11.3 Å². The van der Waals surface area contributed by atoms with Crippen LogP contribution in [-0.4, -0.2) is 37.2 Å². The third-order valence-corrected chi connectivity index (χ3v) is 4.27. The van der Waals surface area contributed by atoms with Gasteiger partial charge in [0.25, 0.3) is 0 Å². The first-order valence-corrected chi connectivity index (χ1v) is 7.17. The Balaban J connectivity index is 0.00000200. The first kappa shape index (κ1) is 17.4. The van der Waals surface area contributed by atoms with Crippen molar-refractivity contribution in [3.63, 3.8) is 0 Å². The molecule has 1 aliphatic rings. The zero-order valence-corrected chi connectivity index (χ0v) is 13.6. The third-order valence-electron chi connectivity index (χ3n) is 4.27. The van der Waals surface area contributed by atoms with Crippen molar-refractivity contribution >= 4 is 12.4 Å². The average Bonchev–Trinajstić information content (AvgIpc) is 2.43. The second-order valence-corrected chi connectivity index (χ2v) is 5.67. The van der Waals surface area contributed by atoms with Crippen molar-refractivity contribution in [3.8, 4) is 0 Å². The second-order valence-electron chi connectivity index (χ2n) is 5.67. The van der Waals surface area contributed by atoms with Gasteiger partial charge in [0.1, 0.15) is 0 Å². The molecule has 1 aromatic carbocycles. The number of hydrogen-bond acceptors (Lipinski definition) is 3. The van der Waals surface area contributed by atoms with Gasteiger partial charge in [-0.15, -0.1) is 12.4 Å². The van der Waals surface area contributed by atoms with Crippen LogP contribution in [0.2, 0.25) is 0 Å². The number of nitrogens with zero attached hydrogens (tertiary/aromatic N) is 1. The van der Waals surface area contributed by atoms with Gasteiger partial charge in [-0.05, 0) is 37.8 Å². The fourth-order valence-electron chi connectivity index (χ4n) is 2.92. The lowest BCUT2D eigenvalue weighted by molar-refractivity contribution is 0.0101. The number of benzene rings is 1. The van der Waals surface area contributed by atoms with E-state index in [9.17, 15) is 0 Å². The van der Waals surface area contributed by atoms with Crippen molar-refractivity contribution < 1.29 is 4.74 Å². The normalized spacial score (nSPS) is 23.4. The van der Waals surface area contributed by atoms with Crippen molar-refractivity contribution in [1.82, 2.24) is 4.90 Å². The Morgan fingerprint density at radius 3 is 2.75 bits per heavy atom. The topological polar surface area (TPSA) is 38.5 Å². The number of aryl methyl sites for hydroxylation is 2. The number of rotatable bonds is 4. The van der Waals surface area contributed by atoms with Gasteiger partial charge in [0.2, 0.25) is 0 Å². The molecule has 1 aliphatic heterocycles. The summed E-state index contributed by atoms with van der Waals surface area (Å²) in [6.45, 7) is 7.14. The van der Waals surface area contributed by atoms with Crippen LogP contribution in [0, 0.1) is 13.8 Å². The lowest BCUT2D eigenvalue weighted by Gasteiger charge is -2.38. The Morgan fingerprint density at radius 1 is 1.35 bits per heavy atom. The number of nitrogens with two attached hydrogens (primary N) is 1. The number of halogens is 1. The predicted molar refractivity (Wildman–Crippen MR) is 86.4 cm³/mol. The smallest absolute Gasteiger partial charge is 0.0599 e. The Kier molecular flexibility index (Phi) is 6.96. The molecule has 2 atom stereocenters. The Morgan fingerprint density at radius 2 is 2.10 bits per heavy atom. The van der Waals surface area contributed by atoms with E-state index in [0.29, 0.717) is 18.7 Å². The van der Waals surface area contributed by atoms with E-state index in [-0.39, 0.29) is 12.4 Å². The summed E-state index contributed by atoms with van der Waals surface area (Å²) >= 11 is 0. The summed E-state index contributed by atoms with van der Waals surface area (Å²) in [4.78, 5) is 2.51. The minimum atomic E-state index is 0. The summed E-state index contributed by atoms with van der Waals surface area (Å²) in [5.41, 5.74) is 10.1. The van der Waals surface area contributed by atoms with Crippen molar-refractivity contribution in [1.29, 1.82) is 0 Å². The van der Waals surface area contributed by atoms with Crippen LogP contribution in [0.15, 0.2) is 18.2 Å². The van der Waals surface area contributed by atoms with E-state index in [1.165, 1.54) is 16.7 Å². The Hall–Kier alpha value is -0.610. The molecule has 0 aromatic heterocycles. The van der Waals surface area contributed by atoms with Crippen LogP contribution < -0.4 is 5.73 Å². The highest BCUT2D eigenvalue weighted by Crippen LogP contribution is 2.22. The fourth-order valence-corrected chi connectivity index (χ4v) is 2.92. The molecule has 0 spiro atoms. The molecule has 114 valence electrons. The van der Waals surface area contributed by atoms with Crippen molar-refractivity contribution in [2.24, 2.45) is 5.73 Å². The maximum Gasteiger partial charge on any atom is 0.0599 e. The first-order valence-electron chi connectivity index (χ1n) is 7.17. The van der Waals surface area contributed by atoms with Gasteiger partial charge >= 0.3 is 0 Å². The summed E-state index contributed by atoms with van der Waals surface area (Å²) in [6.07, 6.45) is 2.54. The molecule has 2 unspecified atom stereocenters. The predicted octanol–water partition coefficient (Wildman–Crippen LogP) is 2.66. The molecule has 1 heterocycles. The maximum absolute atomic E-state index is 5.93. The van der Waals surface area contributed by atoms with Gasteiger partial charge in [-0.25, -0.2) is 0 Å². The summed E-state index contributed by atoms with van der Waals surface area (Å²) < 4.78 is 5.48. The molecule has 1 saturated heterocycles. The van der Waals surface area contributed by atoms with Crippen LogP contribution in [0.3, 0.4) is 0 Å². The third kappa shape index (κ3) is 4.19. The lowest BCUT2D eigenvalue weighted by atomic mass is 9.97. The number of methoxy groups -OCH3 is 1. The van der Waals surface area contributed by atoms with Crippen LogP contribution >= 0.6 is 12.4 Å². The van der Waals surface area contributed by atoms with Crippen molar-refractivity contribution in [2.45, 2.75) is 45.4 Å². The summed E-state index contributed by atoms with van der Waals surface area (Å²) in [6, 6.07) is 7.13. The number of piperidine rings is 1. The molecule has 1 aromatic rings. The van der Waals surface area contributed by atoms with E-state index in [2.05, 4.69) is 36.9 Å². The molecular formula is C16H27ClN2O. The van der Waals surface area contributed by atoms with E-state index in [1.807, 2.05) is 0 Å². The van der Waals surface area contributed by atoms with E-state index in [1.54, 1.807) is 7.11 Å². The highest BCUT2D eigenvalue weighted by molar-refractivity contribution is 5.85. The lowest BCUT2D eigenvalue weighted by Crippen LogP contribution is -2.48. The summed E-state index contributed by atoms with van der Waals surface area (Å²) in [7, 11) is 1.80. The monoisotopic (exact) mass is 298 g/mol. The quantitative estimate of drug-likeness (QED) is 0.929. The zero-order valence-electron chi connectivity index (χ0n) is 12.8. The highest BCUT2D eigenvalue weighted by Gasteiger charge is 2.27. The van der Waals surface area contributed by atoms with Gasteiger partial charge in [-0.2, -0.15) is 0 Å². The van der Waals surface area contributed by atoms with Crippen LogP contribution in [0.1, 0.15) is 29.5 Å². The van der Waals surface area contributed by atoms with Gasteiger partial charge in [-0.1, -0.05) is 23.8 Å². The molecule has 0 saturated carbocycles. The standard InChI is InChI=1S/C16H26N2O.ClH/c1-12-4-5-13(2)14(8-12)11-18-7-6-16(19-3)9-15(18)10-17;/h4-5,8,15-16H,6-7,9-11,17H2,1-3H3;1H. The number of ether oxygens (including phenoxy) is 1. The molecule has 0 amide bonds. The molecule has 0 aliphatic carbocycles. The molecule has 4 heteroatoms. The fraction of sp³-hybridized carbons (Fsp3) is 0.625. The molecule has 3 nitrogen and oxygen atoms in total. The summed E-state index contributed by atoms with van der Waals surface area (Å²) in [5.74, 6) is 0. The highest BCUT2D eigenvalue weighted by atomic mass is 35.5. The minimum absolute atomic E-state index is 0. The number of likely N-dealkylation sites (tertiary alicyclic amines) is 1. The summed E-state index contributed by atoms with van der Waals surface area (Å²) in [5, 5.41) is 0. The molecular weight excluding hydrogens is 272 g/mol. The van der Waals surface area contributed by atoms with E-state index in [0.717, 1.165) is 25.9 Å². The van der Waals surface area contributed by atoms with Crippen molar-refractivity contribution in [2.75, 3.05) is 20.2 Å². The van der Waals surface area contributed by atoms with Gasteiger partial charge < -0.3 is 10.5 Å².